The first-order valence-corrected chi connectivity index (χ1v) is 25.6. The van der Waals surface area contributed by atoms with Gasteiger partial charge in [-0.2, -0.15) is 0 Å². The number of benzene rings is 1. The topological polar surface area (TPSA) is 237 Å². The summed E-state index contributed by atoms with van der Waals surface area (Å²) in [6.45, 7) is 7.39. The van der Waals surface area contributed by atoms with Crippen molar-refractivity contribution in [3.63, 3.8) is 0 Å². The van der Waals surface area contributed by atoms with E-state index in [9.17, 15) is 29.7 Å². The zero-order valence-corrected chi connectivity index (χ0v) is 41.3. The first-order valence-electron chi connectivity index (χ1n) is 21.7. The number of methoxy groups -OCH3 is 2. The van der Waals surface area contributed by atoms with E-state index in [4.69, 9.17) is 39.6 Å². The first-order chi connectivity index (χ1) is 32.5. The molecule has 4 heterocycles. The molecule has 1 amide bonds. The van der Waals surface area contributed by atoms with E-state index in [1.807, 2.05) is 20.1 Å². The molecule has 11 atom stereocenters. The van der Waals surface area contributed by atoms with Gasteiger partial charge in [0.15, 0.2) is 18.4 Å². The van der Waals surface area contributed by atoms with E-state index < -0.39 is 87.0 Å². The number of hydrogen-bond donors (Lipinski definition) is 6. The Morgan fingerprint density at radius 3 is 2.57 bits per heavy atom. The molecule has 364 valence electrons. The van der Waals surface area contributed by atoms with Crippen LogP contribution in [0.4, 0.5) is 4.79 Å². The van der Waals surface area contributed by atoms with Crippen LogP contribution in [0.2, 0.25) is 0 Å². The Bertz CT molecular complexity index is 2660. The molecule has 2 aromatic heterocycles. The van der Waals surface area contributed by atoms with Crippen LogP contribution in [0.15, 0.2) is 65.5 Å². The number of Topliss-reactive ketones (excluding diaryl/α,β-unsaturated/α-hetero) is 2. The summed E-state index contributed by atoms with van der Waals surface area (Å²) in [5.74, 6) is 9.31. The number of hydrogen-bond acceptors (Lipinski definition) is 16. The number of nitrogens with zero attached hydrogens (tertiary/aromatic N) is 1. The third-order valence-electron chi connectivity index (χ3n) is 11.8. The Hall–Kier alpha value is -4.81. The molecule has 1 aromatic carbocycles. The van der Waals surface area contributed by atoms with Gasteiger partial charge in [0, 0.05) is 59.8 Å². The number of ketones is 2. The Labute approximate surface area is 405 Å². The summed E-state index contributed by atoms with van der Waals surface area (Å²) in [6, 6.07) is 6.11. The number of H-pyrrole nitrogens is 1. The minimum absolute atomic E-state index is 0.0129. The molecule has 0 radical (unpaired) electrons. The molecule has 0 spiro atoms. The van der Waals surface area contributed by atoms with Crippen molar-refractivity contribution in [2.45, 2.75) is 107 Å². The van der Waals surface area contributed by atoms with Crippen molar-refractivity contribution in [2.75, 3.05) is 39.1 Å². The second-order valence-corrected chi connectivity index (χ2v) is 20.7. The molecule has 3 aromatic rings. The molecule has 20 heteroatoms. The fourth-order valence-electron chi connectivity index (χ4n) is 8.61. The third kappa shape index (κ3) is 11.3. The zero-order valence-electron chi connectivity index (χ0n) is 38.8. The highest BCUT2D eigenvalue weighted by molar-refractivity contribution is 8.28. The number of alkyl carbamates (subject to hydrolysis) is 1. The molecular formula is C48H56N4O13S3. The molecule has 0 bridgehead atoms. The highest BCUT2D eigenvalue weighted by Crippen LogP contribution is 2.46. The van der Waals surface area contributed by atoms with Gasteiger partial charge in [-0.1, -0.05) is 48.9 Å². The maximum atomic E-state index is 15.4. The number of aromatic carboxylic acids is 1. The Balaban J connectivity index is 1.51. The Morgan fingerprint density at radius 1 is 1.16 bits per heavy atom. The average Bonchev–Trinajstić information content (AvgIpc) is 3.68. The number of pyridine rings is 1. The second-order valence-electron chi connectivity index (χ2n) is 16.5. The number of thioether (sulfide) groups is 1. The van der Waals surface area contributed by atoms with Gasteiger partial charge in [-0.15, -0.1) is 27.1 Å². The quantitative estimate of drug-likeness (QED) is 0.0937. The van der Waals surface area contributed by atoms with Crippen LogP contribution >= 0.6 is 11.8 Å². The minimum atomic E-state index is -1.85. The van der Waals surface area contributed by atoms with Crippen molar-refractivity contribution in [1.29, 1.82) is 0 Å². The number of rotatable bonds is 15. The Morgan fingerprint density at radius 2 is 1.91 bits per heavy atom. The molecule has 9 unspecified atom stereocenters. The van der Waals surface area contributed by atoms with Crippen molar-refractivity contribution in [2.24, 2.45) is 0 Å². The van der Waals surface area contributed by atoms with Crippen molar-refractivity contribution >= 4 is 77.8 Å². The largest absolute Gasteiger partial charge is 0.478 e. The van der Waals surface area contributed by atoms with Gasteiger partial charge in [0.25, 0.3) is 0 Å². The predicted molar refractivity (Wildman–Crippen MR) is 261 cm³/mol. The summed E-state index contributed by atoms with van der Waals surface area (Å²) in [5.41, 5.74) is 0.809. The number of fused-ring (bicyclic) bond motifs is 3. The second kappa shape index (κ2) is 23.2. The maximum absolute atomic E-state index is 15.4. The number of amides is 1. The van der Waals surface area contributed by atoms with Gasteiger partial charge in [-0.25, -0.2) is 9.59 Å². The van der Waals surface area contributed by atoms with Crippen LogP contribution in [-0.4, -0.2) is 154 Å². The summed E-state index contributed by atoms with van der Waals surface area (Å²) in [4.78, 5) is 61.7. The van der Waals surface area contributed by atoms with Crippen LogP contribution in [0.5, 0.6) is 0 Å². The number of carbonyl (C=O) groups is 4. The van der Waals surface area contributed by atoms with Gasteiger partial charge in [-0.05, 0) is 68.3 Å². The molecular weight excluding hydrogens is 937 g/mol. The van der Waals surface area contributed by atoms with Crippen LogP contribution in [-0.2, 0) is 53.9 Å². The average molecular weight is 993 g/mol. The normalized spacial score (nSPS) is 28.0. The number of nitrogens with one attached hydrogen (secondary N) is 3. The smallest absolute Gasteiger partial charge is 0.411 e. The van der Waals surface area contributed by atoms with Gasteiger partial charge in [0.1, 0.15) is 28.8 Å². The fraction of sp³-hybridized carbons (Fsp3) is 0.479. The number of aliphatic hydroxyl groups is 2. The van der Waals surface area contributed by atoms with Crippen molar-refractivity contribution in [3.05, 3.63) is 76.8 Å². The van der Waals surface area contributed by atoms with Gasteiger partial charge in [-0.3, -0.25) is 19.9 Å². The number of aliphatic hydroxyl groups excluding tert-OH is 2. The van der Waals surface area contributed by atoms with E-state index in [1.54, 1.807) is 45.4 Å². The highest BCUT2D eigenvalue weighted by atomic mass is 32.8. The Kier molecular flexibility index (Phi) is 17.9. The van der Waals surface area contributed by atoms with Crippen molar-refractivity contribution in [3.8, 4) is 23.7 Å². The lowest BCUT2D eigenvalue weighted by atomic mass is 9.82. The number of carboxylic acid groups (broad SMARTS) is 1. The van der Waals surface area contributed by atoms with Crippen LogP contribution in [0.1, 0.15) is 61.4 Å². The minimum Gasteiger partial charge on any atom is -0.478 e. The van der Waals surface area contributed by atoms with E-state index in [-0.39, 0.29) is 59.6 Å². The summed E-state index contributed by atoms with van der Waals surface area (Å²) in [6.07, 6.45) is -2.02. The lowest BCUT2D eigenvalue weighted by molar-refractivity contribution is -0.323. The number of aromatic nitrogens is 2. The van der Waals surface area contributed by atoms with E-state index >= 15 is 4.79 Å². The van der Waals surface area contributed by atoms with Crippen molar-refractivity contribution < 1.29 is 62.9 Å². The van der Waals surface area contributed by atoms with E-state index in [0.717, 1.165) is 18.9 Å². The number of carbonyl (C=O) groups excluding carboxylic acids is 3. The molecule has 3 aliphatic rings. The van der Waals surface area contributed by atoms with Crippen molar-refractivity contribution in [1.82, 2.24) is 20.6 Å². The van der Waals surface area contributed by atoms with E-state index in [0.29, 0.717) is 27.6 Å². The molecule has 2 aliphatic heterocycles. The molecule has 2 fully saturated rings. The molecule has 0 saturated carbocycles. The number of aromatic amines is 1. The predicted octanol–water partition coefficient (Wildman–Crippen LogP) is 3.87. The van der Waals surface area contributed by atoms with Crippen LogP contribution < -0.4 is 10.6 Å². The van der Waals surface area contributed by atoms with Crippen LogP contribution in [0.25, 0.3) is 21.8 Å². The van der Waals surface area contributed by atoms with Crippen LogP contribution in [0.3, 0.4) is 0 Å². The maximum Gasteiger partial charge on any atom is 0.411 e. The number of carboxylic acids is 1. The first kappa shape index (κ1) is 52.6. The zero-order chi connectivity index (χ0) is 49.4. The summed E-state index contributed by atoms with van der Waals surface area (Å²) in [7, 11) is 2.12. The summed E-state index contributed by atoms with van der Waals surface area (Å²) < 4.78 is 35.4. The molecule has 1 aliphatic carbocycles. The van der Waals surface area contributed by atoms with E-state index in [1.165, 1.54) is 30.5 Å². The SMILES string of the molecule is CC#C/C=C\C#C[C@H](OC1OC(C)C(SC)(C(=O)c2nccc3c2[nH]c2ccc(C(=O)O)cc23)C(O)C1OC1CC(OC)C(NC(C)C)CO1)C1=C(NC(=O)OC)C(=O)C[C@H](O)/C1=C/CS(C)=S. The standard InChI is InChI=1S/C48H56N4O13S3/c1-9-10-11-12-13-14-35(38-29(18-20-68(8)66)33(53)22-34(54)40(38)52-47(59)61-6)64-46-42(65-37-23-36(60-5)32(24-62-37)50-25(2)3)44(56)48(67-7,26(4)63-46)43(55)41-39-28(17-19-49-41)30-21-27(45(57)58)15-16-31(30)51-39/h11-12,15-19,21,25-26,32-33,35-37,42,44,46,50-51,53,56H,20,22-24H2,1-8H3,(H,52,59)(H,57,58)/b12-11-,29-18-/t26?,32?,33-,35-,36?,37?,42?,44?,46?,48?,68?/m0/s1. The molecule has 2 saturated heterocycles. The number of ether oxygens (including phenoxy) is 6. The molecule has 68 heavy (non-hydrogen) atoms. The molecule has 6 rings (SSSR count). The van der Waals surface area contributed by atoms with Gasteiger partial charge in [0.05, 0.1) is 54.8 Å². The lowest BCUT2D eigenvalue weighted by Crippen LogP contribution is -2.68. The fourth-order valence-corrected chi connectivity index (χ4v) is 10.3. The van der Waals surface area contributed by atoms with Gasteiger partial charge in [0.2, 0.25) is 5.78 Å². The van der Waals surface area contributed by atoms with Gasteiger partial charge >= 0.3 is 12.1 Å². The number of allylic oxidation sites excluding steroid dienone is 3. The summed E-state index contributed by atoms with van der Waals surface area (Å²) in [5, 5.41) is 41.2. The molecule has 6 N–H and O–H groups in total. The molecule has 17 nitrogen and oxygen atoms in total. The lowest BCUT2D eigenvalue weighted by Gasteiger charge is -2.51. The van der Waals surface area contributed by atoms with E-state index in [2.05, 4.69) is 44.3 Å². The highest BCUT2D eigenvalue weighted by Gasteiger charge is 2.61. The van der Waals surface area contributed by atoms with Gasteiger partial charge < -0.3 is 54.0 Å². The summed E-state index contributed by atoms with van der Waals surface area (Å²) >= 11 is 6.50. The third-order valence-corrected chi connectivity index (χ3v) is 14.3. The van der Waals surface area contributed by atoms with Crippen LogP contribution in [0, 0.1) is 23.7 Å². The monoisotopic (exact) mass is 992 g/mol.